The summed E-state index contributed by atoms with van der Waals surface area (Å²) in [6.45, 7) is 7.37. The largest absolute Gasteiger partial charge is 0.395 e. The molecule has 0 atom stereocenters. The molecule has 0 aromatic carbocycles. The summed E-state index contributed by atoms with van der Waals surface area (Å²) in [5, 5.41) is 10.9. The number of hydrogen-bond acceptors (Lipinski definition) is 4. The molecule has 4 heteroatoms. The molecule has 2 heterocycles. The van der Waals surface area contributed by atoms with Gasteiger partial charge in [-0.15, -0.1) is 11.3 Å². The number of rotatable bonds is 5. The standard InChI is InChI=1S/C17H24N2OS/c20-10-2-1-3-16-11-17(21-14-16)13-19-8-6-18(7-9-19)12-15-4-5-15/h11,14-15,20H,2,4-10,12-13H2. The molecular formula is C17H24N2OS. The zero-order valence-corrected chi connectivity index (χ0v) is 13.4. The topological polar surface area (TPSA) is 26.7 Å². The van der Waals surface area contributed by atoms with Crippen molar-refractivity contribution in [1.29, 1.82) is 0 Å². The van der Waals surface area contributed by atoms with Gasteiger partial charge in [0.1, 0.15) is 0 Å². The Hall–Kier alpha value is -0.860. The first kappa shape index (κ1) is 15.1. The van der Waals surface area contributed by atoms with E-state index < -0.39 is 0 Å². The number of aliphatic hydroxyl groups excluding tert-OH is 1. The zero-order chi connectivity index (χ0) is 14.5. The van der Waals surface area contributed by atoms with Gasteiger partial charge in [0, 0.05) is 61.5 Å². The van der Waals surface area contributed by atoms with Gasteiger partial charge in [0.15, 0.2) is 0 Å². The van der Waals surface area contributed by atoms with Crippen LogP contribution in [0.25, 0.3) is 0 Å². The summed E-state index contributed by atoms with van der Waals surface area (Å²) in [5.41, 5.74) is 1.09. The van der Waals surface area contributed by atoms with E-state index in [9.17, 15) is 0 Å². The average molecular weight is 304 g/mol. The van der Waals surface area contributed by atoms with Crippen LogP contribution in [-0.4, -0.2) is 54.2 Å². The summed E-state index contributed by atoms with van der Waals surface area (Å²) in [7, 11) is 0. The average Bonchev–Trinajstić information content (AvgIpc) is 3.20. The van der Waals surface area contributed by atoms with Crippen LogP contribution in [-0.2, 0) is 6.54 Å². The second-order valence-electron chi connectivity index (χ2n) is 6.10. The first-order valence-electron chi connectivity index (χ1n) is 7.95. The van der Waals surface area contributed by atoms with E-state index in [4.69, 9.17) is 5.11 Å². The molecule has 0 amide bonds. The van der Waals surface area contributed by atoms with E-state index in [2.05, 4.69) is 33.1 Å². The Morgan fingerprint density at radius 2 is 1.95 bits per heavy atom. The fourth-order valence-electron chi connectivity index (χ4n) is 2.77. The number of nitrogens with zero attached hydrogens (tertiary/aromatic N) is 2. The third-order valence-corrected chi connectivity index (χ3v) is 5.10. The van der Waals surface area contributed by atoms with E-state index in [1.165, 1.54) is 50.4 Å². The van der Waals surface area contributed by atoms with E-state index in [1.807, 2.05) is 0 Å². The highest BCUT2D eigenvalue weighted by Gasteiger charge is 2.26. The Kier molecular flexibility index (Phi) is 5.32. The van der Waals surface area contributed by atoms with Crippen molar-refractivity contribution in [3.8, 4) is 11.8 Å². The van der Waals surface area contributed by atoms with E-state index in [1.54, 1.807) is 11.3 Å². The summed E-state index contributed by atoms with van der Waals surface area (Å²) in [6, 6.07) is 2.20. The summed E-state index contributed by atoms with van der Waals surface area (Å²) >= 11 is 1.80. The third kappa shape index (κ3) is 4.82. The lowest BCUT2D eigenvalue weighted by atomic mass is 10.2. The van der Waals surface area contributed by atoms with E-state index in [0.29, 0.717) is 6.42 Å². The van der Waals surface area contributed by atoms with Gasteiger partial charge in [0.2, 0.25) is 0 Å². The van der Waals surface area contributed by atoms with Gasteiger partial charge in [0.25, 0.3) is 0 Å². The summed E-state index contributed by atoms with van der Waals surface area (Å²) in [6.07, 6.45) is 3.47. The van der Waals surface area contributed by atoms with Crippen molar-refractivity contribution in [2.75, 3.05) is 39.3 Å². The molecule has 21 heavy (non-hydrogen) atoms. The van der Waals surface area contributed by atoms with Gasteiger partial charge in [-0.25, -0.2) is 0 Å². The van der Waals surface area contributed by atoms with E-state index in [0.717, 1.165) is 18.0 Å². The van der Waals surface area contributed by atoms with Crippen molar-refractivity contribution in [2.45, 2.75) is 25.8 Å². The third-order valence-electron chi connectivity index (χ3n) is 4.18. The maximum atomic E-state index is 8.74. The monoisotopic (exact) mass is 304 g/mol. The molecule has 0 radical (unpaired) electrons. The first-order chi connectivity index (χ1) is 10.3. The van der Waals surface area contributed by atoms with Crippen molar-refractivity contribution in [3.05, 3.63) is 21.9 Å². The summed E-state index contributed by atoms with van der Waals surface area (Å²) in [5.74, 6) is 7.11. The Morgan fingerprint density at radius 1 is 1.19 bits per heavy atom. The maximum Gasteiger partial charge on any atom is 0.0540 e. The van der Waals surface area contributed by atoms with Gasteiger partial charge in [-0.1, -0.05) is 11.8 Å². The van der Waals surface area contributed by atoms with Crippen molar-refractivity contribution >= 4 is 11.3 Å². The van der Waals surface area contributed by atoms with Crippen LogP contribution >= 0.6 is 11.3 Å². The summed E-state index contributed by atoms with van der Waals surface area (Å²) < 4.78 is 0. The second kappa shape index (κ2) is 7.42. The van der Waals surface area contributed by atoms with Crippen molar-refractivity contribution < 1.29 is 5.11 Å². The highest BCUT2D eigenvalue weighted by molar-refractivity contribution is 7.10. The highest BCUT2D eigenvalue weighted by atomic mass is 32.1. The molecular weight excluding hydrogens is 280 g/mol. The molecule has 2 aliphatic rings. The number of thiophene rings is 1. The van der Waals surface area contributed by atoms with Crippen LogP contribution in [0.4, 0.5) is 0 Å². The van der Waals surface area contributed by atoms with Crippen LogP contribution < -0.4 is 0 Å². The van der Waals surface area contributed by atoms with E-state index >= 15 is 0 Å². The van der Waals surface area contributed by atoms with E-state index in [-0.39, 0.29) is 6.61 Å². The SMILES string of the molecule is OCCC#Cc1csc(CN2CCN(CC3CC3)CC2)c1. The number of piperazine rings is 1. The molecule has 1 saturated heterocycles. The highest BCUT2D eigenvalue weighted by Crippen LogP contribution is 2.30. The minimum absolute atomic E-state index is 0.148. The number of hydrogen-bond donors (Lipinski definition) is 1. The van der Waals surface area contributed by atoms with Gasteiger partial charge >= 0.3 is 0 Å². The van der Waals surface area contributed by atoms with Gasteiger partial charge in [-0.2, -0.15) is 0 Å². The fourth-order valence-corrected chi connectivity index (χ4v) is 3.62. The lowest BCUT2D eigenvalue weighted by molar-refractivity contribution is 0.124. The fraction of sp³-hybridized carbons (Fsp3) is 0.647. The Labute approximate surface area is 131 Å². The van der Waals surface area contributed by atoms with Gasteiger partial charge in [0.05, 0.1) is 6.61 Å². The number of aliphatic hydroxyl groups is 1. The summed E-state index contributed by atoms with van der Waals surface area (Å²) in [4.78, 5) is 6.59. The molecule has 3 rings (SSSR count). The molecule has 1 saturated carbocycles. The molecule has 1 aromatic rings. The van der Waals surface area contributed by atoms with Crippen LogP contribution in [0.3, 0.4) is 0 Å². The maximum absolute atomic E-state index is 8.74. The van der Waals surface area contributed by atoms with Crippen LogP contribution in [0.1, 0.15) is 29.7 Å². The molecule has 1 aliphatic heterocycles. The quantitative estimate of drug-likeness (QED) is 0.843. The van der Waals surface area contributed by atoms with Crippen LogP contribution in [0.2, 0.25) is 0 Å². The lowest BCUT2D eigenvalue weighted by Gasteiger charge is -2.34. The molecule has 0 unspecified atom stereocenters. The Morgan fingerprint density at radius 3 is 2.67 bits per heavy atom. The molecule has 0 bridgehead atoms. The minimum Gasteiger partial charge on any atom is -0.395 e. The second-order valence-corrected chi connectivity index (χ2v) is 7.09. The van der Waals surface area contributed by atoms with Crippen LogP contribution in [0.15, 0.2) is 11.4 Å². The predicted molar refractivity (Wildman–Crippen MR) is 87.3 cm³/mol. The zero-order valence-electron chi connectivity index (χ0n) is 12.6. The predicted octanol–water partition coefficient (Wildman–Crippen LogP) is 2.01. The van der Waals surface area contributed by atoms with Crippen molar-refractivity contribution in [1.82, 2.24) is 9.80 Å². The van der Waals surface area contributed by atoms with Crippen molar-refractivity contribution in [3.63, 3.8) is 0 Å². The molecule has 0 spiro atoms. The smallest absolute Gasteiger partial charge is 0.0540 e. The van der Waals surface area contributed by atoms with Gasteiger partial charge in [-0.3, -0.25) is 4.90 Å². The molecule has 1 N–H and O–H groups in total. The van der Waals surface area contributed by atoms with Crippen LogP contribution in [0, 0.1) is 17.8 Å². The minimum atomic E-state index is 0.148. The van der Waals surface area contributed by atoms with Gasteiger partial charge in [-0.05, 0) is 24.8 Å². The first-order valence-corrected chi connectivity index (χ1v) is 8.83. The normalized spacial score (nSPS) is 20.2. The van der Waals surface area contributed by atoms with Gasteiger partial charge < -0.3 is 10.0 Å². The molecule has 3 nitrogen and oxygen atoms in total. The Bertz CT molecular complexity index is 504. The lowest BCUT2D eigenvalue weighted by Crippen LogP contribution is -2.46. The van der Waals surface area contributed by atoms with Crippen LogP contribution in [0.5, 0.6) is 0 Å². The molecule has 1 aromatic heterocycles. The Balaban J connectivity index is 1.43. The molecule has 2 fully saturated rings. The molecule has 114 valence electrons. The van der Waals surface area contributed by atoms with Crippen molar-refractivity contribution in [2.24, 2.45) is 5.92 Å². The molecule has 1 aliphatic carbocycles.